The minimum atomic E-state index is 0.596. The second-order valence-corrected chi connectivity index (χ2v) is 6.33. The van der Waals surface area contributed by atoms with Gasteiger partial charge in [0.25, 0.3) is 0 Å². The third-order valence-corrected chi connectivity index (χ3v) is 4.86. The van der Waals surface area contributed by atoms with Crippen LogP contribution in [0.3, 0.4) is 0 Å². The van der Waals surface area contributed by atoms with Gasteiger partial charge in [-0.25, -0.2) is 4.98 Å². The molecular formula is C17H31N3. The van der Waals surface area contributed by atoms with E-state index >= 15 is 0 Å². The molecule has 3 heteroatoms. The first kappa shape index (κ1) is 15.6. The zero-order valence-electron chi connectivity index (χ0n) is 13.2. The predicted octanol–water partition coefficient (Wildman–Crippen LogP) is 3.93. The molecule has 0 radical (unpaired) electrons. The molecule has 20 heavy (non-hydrogen) atoms. The van der Waals surface area contributed by atoms with Crippen LogP contribution in [0.2, 0.25) is 0 Å². The molecule has 1 saturated carbocycles. The van der Waals surface area contributed by atoms with Crippen LogP contribution >= 0.6 is 0 Å². The fourth-order valence-electron chi connectivity index (χ4n) is 3.66. The van der Waals surface area contributed by atoms with Gasteiger partial charge in [0.15, 0.2) is 0 Å². The predicted molar refractivity (Wildman–Crippen MR) is 84.7 cm³/mol. The van der Waals surface area contributed by atoms with Gasteiger partial charge in [-0.3, -0.25) is 0 Å². The summed E-state index contributed by atoms with van der Waals surface area (Å²) in [6.45, 7) is 5.57. The van der Waals surface area contributed by atoms with Gasteiger partial charge in [-0.2, -0.15) is 0 Å². The average molecular weight is 277 g/mol. The molecule has 0 saturated heterocycles. The molecule has 1 aromatic heterocycles. The normalized spacial score (nSPS) is 24.7. The first-order valence-corrected chi connectivity index (χ1v) is 8.55. The number of hydrogen-bond donors (Lipinski definition) is 2. The van der Waals surface area contributed by atoms with Crippen LogP contribution in [0, 0.1) is 11.8 Å². The number of imidazole rings is 1. The van der Waals surface area contributed by atoms with E-state index in [2.05, 4.69) is 29.1 Å². The summed E-state index contributed by atoms with van der Waals surface area (Å²) in [5.74, 6) is 2.96. The van der Waals surface area contributed by atoms with Gasteiger partial charge >= 0.3 is 0 Å². The summed E-state index contributed by atoms with van der Waals surface area (Å²) >= 11 is 0. The molecule has 2 rings (SSSR count). The topological polar surface area (TPSA) is 40.7 Å². The van der Waals surface area contributed by atoms with Crippen molar-refractivity contribution < 1.29 is 0 Å². The highest BCUT2D eigenvalue weighted by molar-refractivity contribution is 4.94. The van der Waals surface area contributed by atoms with Crippen LogP contribution < -0.4 is 5.32 Å². The van der Waals surface area contributed by atoms with Crippen LogP contribution in [0.15, 0.2) is 12.4 Å². The zero-order chi connectivity index (χ0) is 14.2. The van der Waals surface area contributed by atoms with Crippen molar-refractivity contribution in [1.82, 2.24) is 15.3 Å². The molecule has 1 aromatic rings. The van der Waals surface area contributed by atoms with Gasteiger partial charge < -0.3 is 10.3 Å². The minimum Gasteiger partial charge on any atom is -0.349 e. The molecule has 3 nitrogen and oxygen atoms in total. The Morgan fingerprint density at radius 2 is 2.10 bits per heavy atom. The highest BCUT2D eigenvalue weighted by Gasteiger charge is 2.27. The van der Waals surface area contributed by atoms with E-state index in [1.165, 1.54) is 44.9 Å². The van der Waals surface area contributed by atoms with Crippen molar-refractivity contribution in [1.29, 1.82) is 0 Å². The molecule has 1 aliphatic carbocycles. The largest absolute Gasteiger partial charge is 0.349 e. The van der Waals surface area contributed by atoms with Crippen molar-refractivity contribution in [3.63, 3.8) is 0 Å². The van der Waals surface area contributed by atoms with Crippen LogP contribution in [0.5, 0.6) is 0 Å². The molecule has 0 aromatic carbocycles. The number of nitrogens with zero attached hydrogens (tertiary/aromatic N) is 1. The van der Waals surface area contributed by atoms with Crippen LogP contribution in [0.1, 0.15) is 64.6 Å². The molecule has 1 heterocycles. The van der Waals surface area contributed by atoms with Crippen molar-refractivity contribution in [3.8, 4) is 0 Å². The molecule has 0 spiro atoms. The Hall–Kier alpha value is -0.830. The second-order valence-electron chi connectivity index (χ2n) is 6.33. The lowest BCUT2D eigenvalue weighted by atomic mass is 9.76. The first-order valence-electron chi connectivity index (χ1n) is 8.55. The Morgan fingerprint density at radius 3 is 2.70 bits per heavy atom. The number of H-pyrrole nitrogens is 1. The maximum absolute atomic E-state index is 4.39. The summed E-state index contributed by atoms with van der Waals surface area (Å²) in [5, 5.41) is 3.69. The Bertz CT molecular complexity index is 339. The van der Waals surface area contributed by atoms with Crippen LogP contribution in [-0.2, 0) is 6.42 Å². The highest BCUT2D eigenvalue weighted by Crippen LogP contribution is 2.34. The number of aromatic nitrogens is 2. The van der Waals surface area contributed by atoms with Crippen molar-refractivity contribution in [2.24, 2.45) is 11.8 Å². The summed E-state index contributed by atoms with van der Waals surface area (Å²) in [4.78, 5) is 7.64. The molecule has 114 valence electrons. The van der Waals surface area contributed by atoms with E-state index in [4.69, 9.17) is 0 Å². The summed E-state index contributed by atoms with van der Waals surface area (Å²) in [6.07, 6.45) is 14.7. The fourth-order valence-corrected chi connectivity index (χ4v) is 3.66. The molecule has 1 fully saturated rings. The SMILES string of the molecule is CCCCC1CCC(C(Cc2ncc[nH]2)NCC)CC1. The molecule has 1 atom stereocenters. The number of rotatable bonds is 8. The Labute approximate surface area is 124 Å². The van der Waals surface area contributed by atoms with Crippen LogP contribution in [0.4, 0.5) is 0 Å². The fraction of sp³-hybridized carbons (Fsp3) is 0.824. The second kappa shape index (κ2) is 8.46. The van der Waals surface area contributed by atoms with E-state index in [1.54, 1.807) is 0 Å². The van der Waals surface area contributed by atoms with Gasteiger partial charge in [-0.1, -0.05) is 46.0 Å². The van der Waals surface area contributed by atoms with Gasteiger partial charge in [-0.05, 0) is 31.2 Å². The molecular weight excluding hydrogens is 246 g/mol. The molecule has 0 bridgehead atoms. The maximum atomic E-state index is 4.39. The van der Waals surface area contributed by atoms with Crippen LogP contribution in [-0.4, -0.2) is 22.6 Å². The van der Waals surface area contributed by atoms with Crippen LogP contribution in [0.25, 0.3) is 0 Å². The monoisotopic (exact) mass is 277 g/mol. The van der Waals surface area contributed by atoms with E-state index in [1.807, 2.05) is 12.4 Å². The minimum absolute atomic E-state index is 0.596. The number of unbranched alkanes of at least 4 members (excludes halogenated alkanes) is 1. The molecule has 0 aliphatic heterocycles. The van der Waals surface area contributed by atoms with E-state index in [0.717, 1.165) is 30.6 Å². The van der Waals surface area contributed by atoms with E-state index < -0.39 is 0 Å². The standard InChI is InChI=1S/C17H31N3/c1-3-5-6-14-7-9-15(10-8-14)16(18-4-2)13-17-19-11-12-20-17/h11-12,14-16,18H,3-10,13H2,1-2H3,(H,19,20). The van der Waals surface area contributed by atoms with Crippen molar-refractivity contribution in [2.75, 3.05) is 6.54 Å². The van der Waals surface area contributed by atoms with Gasteiger partial charge in [0.2, 0.25) is 0 Å². The lowest BCUT2D eigenvalue weighted by Gasteiger charge is -2.34. The maximum Gasteiger partial charge on any atom is 0.107 e. The lowest BCUT2D eigenvalue weighted by molar-refractivity contribution is 0.211. The van der Waals surface area contributed by atoms with E-state index in [-0.39, 0.29) is 0 Å². The third kappa shape index (κ3) is 4.62. The first-order chi connectivity index (χ1) is 9.83. The zero-order valence-corrected chi connectivity index (χ0v) is 13.2. The quantitative estimate of drug-likeness (QED) is 0.756. The van der Waals surface area contributed by atoms with E-state index in [9.17, 15) is 0 Å². The smallest absolute Gasteiger partial charge is 0.107 e. The number of likely N-dealkylation sites (N-methyl/N-ethyl adjacent to an activating group) is 1. The molecule has 1 aliphatic rings. The summed E-state index contributed by atoms with van der Waals surface area (Å²) in [5.41, 5.74) is 0. The summed E-state index contributed by atoms with van der Waals surface area (Å²) < 4.78 is 0. The Morgan fingerprint density at radius 1 is 1.30 bits per heavy atom. The number of hydrogen-bond acceptors (Lipinski definition) is 2. The lowest BCUT2D eigenvalue weighted by Crippen LogP contribution is -2.40. The summed E-state index contributed by atoms with van der Waals surface area (Å²) in [6, 6.07) is 0.596. The third-order valence-electron chi connectivity index (χ3n) is 4.86. The van der Waals surface area contributed by atoms with Gasteiger partial charge in [0.1, 0.15) is 5.82 Å². The van der Waals surface area contributed by atoms with Crippen molar-refractivity contribution in [2.45, 2.75) is 71.3 Å². The summed E-state index contributed by atoms with van der Waals surface area (Å²) in [7, 11) is 0. The highest BCUT2D eigenvalue weighted by atomic mass is 14.9. The number of aromatic amines is 1. The Balaban J connectivity index is 1.81. The van der Waals surface area contributed by atoms with Crippen molar-refractivity contribution >= 4 is 0 Å². The van der Waals surface area contributed by atoms with Crippen molar-refractivity contribution in [3.05, 3.63) is 18.2 Å². The van der Waals surface area contributed by atoms with Gasteiger partial charge in [0.05, 0.1) is 0 Å². The number of nitrogens with one attached hydrogen (secondary N) is 2. The average Bonchev–Trinajstić information content (AvgIpc) is 2.98. The molecule has 0 amide bonds. The Kier molecular flexibility index (Phi) is 6.58. The molecule has 1 unspecified atom stereocenters. The van der Waals surface area contributed by atoms with E-state index in [0.29, 0.717) is 6.04 Å². The van der Waals surface area contributed by atoms with Gasteiger partial charge in [-0.15, -0.1) is 0 Å². The van der Waals surface area contributed by atoms with Gasteiger partial charge in [0, 0.05) is 24.9 Å². The molecule has 2 N–H and O–H groups in total.